The molecule has 166 valence electrons. The first kappa shape index (κ1) is 22.2. The summed E-state index contributed by atoms with van der Waals surface area (Å²) < 4.78 is 28.2. The highest BCUT2D eigenvalue weighted by molar-refractivity contribution is 9.10. The molecule has 0 bridgehead atoms. The van der Waals surface area contributed by atoms with E-state index in [1.165, 1.54) is 11.8 Å². The maximum atomic E-state index is 12.4. The van der Waals surface area contributed by atoms with E-state index in [-0.39, 0.29) is 12.4 Å². The van der Waals surface area contributed by atoms with Crippen LogP contribution >= 0.6 is 27.7 Å². The molecule has 0 amide bonds. The van der Waals surface area contributed by atoms with Crippen LogP contribution in [0.1, 0.15) is 23.0 Å². The maximum Gasteiger partial charge on any atom is 0.374 e. The van der Waals surface area contributed by atoms with Crippen molar-refractivity contribution in [3.8, 4) is 23.0 Å². The van der Waals surface area contributed by atoms with E-state index < -0.39 is 5.97 Å². The van der Waals surface area contributed by atoms with E-state index in [1.54, 1.807) is 39.3 Å². The summed E-state index contributed by atoms with van der Waals surface area (Å²) in [6.45, 7) is 2.00. The third-order valence-corrected chi connectivity index (χ3v) is 5.93. The van der Waals surface area contributed by atoms with Gasteiger partial charge in [0.1, 0.15) is 5.58 Å². The number of carbonyl (C=O) groups is 1. The minimum atomic E-state index is -0.507. The zero-order valence-corrected chi connectivity index (χ0v) is 19.9. The van der Waals surface area contributed by atoms with Crippen molar-refractivity contribution in [1.82, 2.24) is 10.2 Å². The van der Waals surface area contributed by atoms with Crippen molar-refractivity contribution in [2.75, 3.05) is 20.8 Å². The lowest BCUT2D eigenvalue weighted by Crippen LogP contribution is -2.05. The number of halogens is 1. The van der Waals surface area contributed by atoms with E-state index >= 15 is 0 Å². The summed E-state index contributed by atoms with van der Waals surface area (Å²) in [5.74, 6) is 1.56. The van der Waals surface area contributed by atoms with Gasteiger partial charge in [-0.1, -0.05) is 27.7 Å². The molecule has 0 aliphatic rings. The Labute approximate surface area is 196 Å². The predicted molar refractivity (Wildman–Crippen MR) is 122 cm³/mol. The second-order valence-corrected chi connectivity index (χ2v) is 8.34. The number of thioether (sulfide) groups is 1. The van der Waals surface area contributed by atoms with Gasteiger partial charge in [0.25, 0.3) is 5.22 Å². The van der Waals surface area contributed by atoms with Gasteiger partial charge in [0.2, 0.25) is 11.7 Å². The van der Waals surface area contributed by atoms with Gasteiger partial charge >= 0.3 is 5.97 Å². The summed E-state index contributed by atoms with van der Waals surface area (Å²) in [7, 11) is 3.13. The molecule has 4 aromatic rings. The van der Waals surface area contributed by atoms with Gasteiger partial charge in [-0.15, -0.1) is 10.2 Å². The van der Waals surface area contributed by atoms with Crippen LogP contribution < -0.4 is 9.47 Å². The van der Waals surface area contributed by atoms with E-state index in [0.29, 0.717) is 45.1 Å². The van der Waals surface area contributed by atoms with Gasteiger partial charge in [0, 0.05) is 26.7 Å². The molecular weight excluding hydrogens is 500 g/mol. The van der Waals surface area contributed by atoms with Crippen molar-refractivity contribution in [2.45, 2.75) is 17.9 Å². The van der Waals surface area contributed by atoms with Crippen molar-refractivity contribution in [2.24, 2.45) is 0 Å². The van der Waals surface area contributed by atoms with Gasteiger partial charge in [0.05, 0.1) is 20.8 Å². The van der Waals surface area contributed by atoms with E-state index in [2.05, 4.69) is 26.1 Å². The van der Waals surface area contributed by atoms with Gasteiger partial charge in [-0.25, -0.2) is 4.79 Å². The third-order valence-electron chi connectivity index (χ3n) is 4.59. The molecule has 32 heavy (non-hydrogen) atoms. The molecule has 0 atom stereocenters. The Morgan fingerprint density at radius 1 is 1.06 bits per heavy atom. The largest absolute Gasteiger partial charge is 0.493 e. The van der Waals surface area contributed by atoms with Crippen LogP contribution in [0.25, 0.3) is 22.4 Å². The number of ether oxygens (including phenoxy) is 3. The molecule has 0 spiro atoms. The first-order valence-electron chi connectivity index (χ1n) is 9.60. The number of hydrogen-bond donors (Lipinski definition) is 0. The second-order valence-electron chi connectivity index (χ2n) is 6.50. The Kier molecular flexibility index (Phi) is 6.71. The topological polar surface area (TPSA) is 96.8 Å². The molecule has 8 nitrogen and oxygen atoms in total. The number of hydrogen-bond acceptors (Lipinski definition) is 9. The Bertz CT molecular complexity index is 1270. The number of rotatable bonds is 8. The van der Waals surface area contributed by atoms with Crippen molar-refractivity contribution in [3.63, 3.8) is 0 Å². The van der Waals surface area contributed by atoms with Crippen LogP contribution in [0.3, 0.4) is 0 Å². The zero-order valence-electron chi connectivity index (χ0n) is 17.5. The number of methoxy groups -OCH3 is 2. The third kappa shape index (κ3) is 4.46. The van der Waals surface area contributed by atoms with Crippen LogP contribution in [0.4, 0.5) is 0 Å². The molecule has 2 aromatic heterocycles. The van der Waals surface area contributed by atoms with Crippen LogP contribution in [-0.2, 0) is 10.5 Å². The van der Waals surface area contributed by atoms with Crippen LogP contribution in [0, 0.1) is 0 Å². The lowest BCUT2D eigenvalue weighted by atomic mass is 10.1. The Morgan fingerprint density at radius 2 is 1.88 bits per heavy atom. The minimum absolute atomic E-state index is 0.173. The maximum absolute atomic E-state index is 12.4. The Hall–Kier alpha value is -2.98. The fourth-order valence-corrected chi connectivity index (χ4v) is 4.27. The van der Waals surface area contributed by atoms with Crippen molar-refractivity contribution in [3.05, 3.63) is 52.2 Å². The van der Waals surface area contributed by atoms with E-state index in [9.17, 15) is 4.79 Å². The smallest absolute Gasteiger partial charge is 0.374 e. The molecule has 10 heteroatoms. The number of furan rings is 1. The molecule has 0 aliphatic carbocycles. The Morgan fingerprint density at radius 3 is 2.62 bits per heavy atom. The van der Waals surface area contributed by atoms with E-state index in [4.69, 9.17) is 23.0 Å². The molecule has 4 rings (SSSR count). The van der Waals surface area contributed by atoms with Gasteiger partial charge in [-0.3, -0.25) is 0 Å². The van der Waals surface area contributed by atoms with E-state index in [0.717, 1.165) is 9.86 Å². The molecule has 0 saturated carbocycles. The average molecular weight is 519 g/mol. The summed E-state index contributed by atoms with van der Waals surface area (Å²) in [5, 5.41) is 9.41. The van der Waals surface area contributed by atoms with Gasteiger partial charge in [0.15, 0.2) is 11.5 Å². The predicted octanol–water partition coefficient (Wildman–Crippen LogP) is 5.73. The van der Waals surface area contributed by atoms with Crippen LogP contribution in [-0.4, -0.2) is 37.0 Å². The van der Waals surface area contributed by atoms with Gasteiger partial charge in [-0.2, -0.15) is 0 Å². The molecule has 2 heterocycles. The fraction of sp³-hybridized carbons (Fsp3) is 0.227. The van der Waals surface area contributed by atoms with E-state index in [1.807, 2.05) is 18.2 Å². The molecule has 0 radical (unpaired) electrons. The number of fused-ring (bicyclic) bond motifs is 1. The minimum Gasteiger partial charge on any atom is -0.493 e. The number of benzene rings is 2. The van der Waals surface area contributed by atoms with Crippen molar-refractivity contribution < 1.29 is 27.8 Å². The number of carbonyl (C=O) groups excluding carboxylic acids is 1. The first-order valence-corrected chi connectivity index (χ1v) is 11.4. The average Bonchev–Trinajstić information content (AvgIpc) is 3.42. The molecule has 0 aliphatic heterocycles. The number of esters is 1. The molecule has 0 unspecified atom stereocenters. The SMILES string of the molecule is CCOC(=O)c1oc2ccc(Br)cc2c1CSc1nnc(-c2ccc(OC)c(OC)c2)o1. The summed E-state index contributed by atoms with van der Waals surface area (Å²) in [4.78, 5) is 12.4. The van der Waals surface area contributed by atoms with Gasteiger partial charge < -0.3 is 23.0 Å². The molecule has 2 aromatic carbocycles. The standard InChI is InChI=1S/C22H19BrN2O6S/c1-4-29-21(26)19-15(14-10-13(23)6-8-16(14)30-19)11-32-22-25-24-20(31-22)12-5-7-17(27-2)18(9-12)28-3/h5-10H,4,11H2,1-3H3. The highest BCUT2D eigenvalue weighted by Crippen LogP contribution is 2.36. The van der Waals surface area contributed by atoms with Crippen molar-refractivity contribution in [1.29, 1.82) is 0 Å². The summed E-state index contributed by atoms with van der Waals surface area (Å²) in [5.41, 5.74) is 2.01. The summed E-state index contributed by atoms with van der Waals surface area (Å²) in [6, 6.07) is 10.9. The lowest BCUT2D eigenvalue weighted by Gasteiger charge is -2.07. The number of nitrogens with zero attached hydrogens (tertiary/aromatic N) is 2. The zero-order chi connectivity index (χ0) is 22.7. The molecule has 0 fully saturated rings. The lowest BCUT2D eigenvalue weighted by molar-refractivity contribution is 0.0491. The Balaban J connectivity index is 1.60. The normalized spacial score (nSPS) is 11.0. The summed E-state index contributed by atoms with van der Waals surface area (Å²) in [6.07, 6.45) is 0. The summed E-state index contributed by atoms with van der Waals surface area (Å²) >= 11 is 4.77. The van der Waals surface area contributed by atoms with Crippen LogP contribution in [0.2, 0.25) is 0 Å². The first-order chi connectivity index (χ1) is 15.5. The highest BCUT2D eigenvalue weighted by atomic mass is 79.9. The van der Waals surface area contributed by atoms with Gasteiger partial charge in [-0.05, 0) is 43.3 Å². The monoisotopic (exact) mass is 518 g/mol. The molecular formula is C22H19BrN2O6S. The number of aromatic nitrogens is 2. The highest BCUT2D eigenvalue weighted by Gasteiger charge is 2.23. The van der Waals surface area contributed by atoms with Crippen molar-refractivity contribution >= 4 is 44.6 Å². The quantitative estimate of drug-likeness (QED) is 0.214. The van der Waals surface area contributed by atoms with Crippen LogP contribution in [0.15, 0.2) is 54.9 Å². The van der Waals surface area contributed by atoms with Crippen LogP contribution in [0.5, 0.6) is 11.5 Å². The molecule has 0 saturated heterocycles. The molecule has 0 N–H and O–H groups in total. The second kappa shape index (κ2) is 9.66. The fourth-order valence-electron chi connectivity index (χ4n) is 3.11.